The highest BCUT2D eigenvalue weighted by Gasteiger charge is 2.53. The van der Waals surface area contributed by atoms with Crippen LogP contribution in [0.5, 0.6) is 0 Å². The van der Waals surface area contributed by atoms with Crippen LogP contribution in [0.25, 0.3) is 0 Å². The number of nitrogens with one attached hydrogen (secondary N) is 2. The minimum Gasteiger partial charge on any atom is -0.376 e. The lowest BCUT2D eigenvalue weighted by Crippen LogP contribution is -2.46. The van der Waals surface area contributed by atoms with Crippen molar-refractivity contribution in [2.75, 3.05) is 5.32 Å². The average Bonchev–Trinajstić information content (AvgIpc) is 3.41. The van der Waals surface area contributed by atoms with Gasteiger partial charge in [0.05, 0.1) is 4.90 Å². The summed E-state index contributed by atoms with van der Waals surface area (Å²) in [4.78, 5) is 12.5. The molecule has 162 valence electrons. The molecule has 1 atom stereocenters. The second-order valence-electron chi connectivity index (χ2n) is 7.25. The topological polar surface area (TPSA) is 95.5 Å². The monoisotopic (exact) mass is 462 g/mol. The zero-order chi connectivity index (χ0) is 22.4. The van der Waals surface area contributed by atoms with Crippen LogP contribution >= 0.6 is 11.6 Å². The van der Waals surface area contributed by atoms with Crippen LogP contribution in [0.2, 0.25) is 5.02 Å². The van der Waals surface area contributed by atoms with E-state index < -0.39 is 38.8 Å². The van der Waals surface area contributed by atoms with Gasteiger partial charge >= 0.3 is 6.18 Å². The fraction of sp³-hybridized carbons (Fsp3) is 0.316. The third kappa shape index (κ3) is 4.46. The van der Waals surface area contributed by atoms with Gasteiger partial charge in [0.2, 0.25) is 15.9 Å². The van der Waals surface area contributed by atoms with E-state index in [1.807, 2.05) is 0 Å². The molecule has 1 unspecified atom stereocenters. The summed E-state index contributed by atoms with van der Waals surface area (Å²) in [6.45, 7) is 0.629. The highest BCUT2D eigenvalue weighted by Crippen LogP contribution is 2.40. The molecule has 0 aliphatic heterocycles. The van der Waals surface area contributed by atoms with Crippen LogP contribution in [0, 0.1) is 0 Å². The smallest absolute Gasteiger partial charge is 0.376 e. The number of sulfonamides is 1. The molecule has 1 aliphatic carbocycles. The first-order valence-electron chi connectivity index (χ1n) is 8.78. The molecule has 0 radical (unpaired) electrons. The second-order valence-corrected chi connectivity index (χ2v) is 9.37. The van der Waals surface area contributed by atoms with Crippen molar-refractivity contribution in [3.05, 3.63) is 59.1 Å². The summed E-state index contributed by atoms with van der Waals surface area (Å²) in [5.74, 6) is -0.636. The van der Waals surface area contributed by atoms with Gasteiger partial charge in [-0.25, -0.2) is 8.42 Å². The van der Waals surface area contributed by atoms with Gasteiger partial charge < -0.3 is 10.4 Å². The fourth-order valence-corrected chi connectivity index (χ4v) is 4.47. The summed E-state index contributed by atoms with van der Waals surface area (Å²) < 4.78 is 66.3. The molecule has 2 aromatic rings. The van der Waals surface area contributed by atoms with Crippen molar-refractivity contribution in [3.63, 3.8) is 0 Å². The van der Waals surface area contributed by atoms with E-state index in [9.17, 15) is 31.5 Å². The Bertz CT molecular complexity index is 1070. The van der Waals surface area contributed by atoms with Crippen molar-refractivity contribution in [2.24, 2.45) is 0 Å². The molecular formula is C19H18ClF3N2O4S. The Morgan fingerprint density at radius 3 is 2.23 bits per heavy atom. The highest BCUT2D eigenvalue weighted by molar-refractivity contribution is 7.89. The summed E-state index contributed by atoms with van der Waals surface area (Å²) >= 11 is 5.82. The van der Waals surface area contributed by atoms with Crippen LogP contribution in [0.3, 0.4) is 0 Å². The van der Waals surface area contributed by atoms with E-state index >= 15 is 0 Å². The van der Waals surface area contributed by atoms with Crippen LogP contribution in [0.4, 0.5) is 18.9 Å². The van der Waals surface area contributed by atoms with Gasteiger partial charge in [0, 0.05) is 10.7 Å². The molecule has 0 aromatic heterocycles. The largest absolute Gasteiger partial charge is 0.421 e. The Morgan fingerprint density at radius 2 is 1.73 bits per heavy atom. The van der Waals surface area contributed by atoms with E-state index in [1.165, 1.54) is 36.4 Å². The van der Waals surface area contributed by atoms with Gasteiger partial charge in [0.15, 0.2) is 5.60 Å². The van der Waals surface area contributed by atoms with Crippen LogP contribution in [0.15, 0.2) is 53.4 Å². The zero-order valence-electron chi connectivity index (χ0n) is 15.6. The molecule has 1 amide bonds. The lowest BCUT2D eigenvalue weighted by Gasteiger charge is -2.26. The van der Waals surface area contributed by atoms with Gasteiger partial charge in [-0.05, 0) is 55.7 Å². The van der Waals surface area contributed by atoms with E-state index in [4.69, 9.17) is 11.6 Å². The second kappa shape index (κ2) is 7.52. The first-order chi connectivity index (χ1) is 13.8. The van der Waals surface area contributed by atoms with Crippen molar-refractivity contribution < 1.29 is 31.5 Å². The predicted molar refractivity (Wildman–Crippen MR) is 104 cm³/mol. The molecule has 0 saturated heterocycles. The van der Waals surface area contributed by atoms with E-state index in [1.54, 1.807) is 0 Å². The van der Waals surface area contributed by atoms with Gasteiger partial charge in [0.1, 0.15) is 5.54 Å². The summed E-state index contributed by atoms with van der Waals surface area (Å²) in [6, 6.07) is 10.1. The molecule has 0 bridgehead atoms. The molecular weight excluding hydrogens is 445 g/mol. The maximum absolute atomic E-state index is 12.9. The van der Waals surface area contributed by atoms with E-state index in [2.05, 4.69) is 10.0 Å². The molecule has 30 heavy (non-hydrogen) atoms. The quantitative estimate of drug-likeness (QED) is 0.611. The van der Waals surface area contributed by atoms with Crippen molar-refractivity contribution in [3.8, 4) is 0 Å². The molecule has 1 aliphatic rings. The van der Waals surface area contributed by atoms with E-state index in [0.29, 0.717) is 6.92 Å². The van der Waals surface area contributed by atoms with Crippen molar-refractivity contribution in [1.82, 2.24) is 4.72 Å². The lowest BCUT2D eigenvalue weighted by atomic mass is 9.95. The normalized spacial score (nSPS) is 17.8. The molecule has 0 spiro atoms. The standard InChI is InChI=1S/C19H18ClF3N2O4S/c1-17(27,19(21,22)23)12-5-7-14(8-6-12)24-16(26)18(9-10-18)25-30(28,29)15-4-2-3-13(20)11-15/h2-8,11,25,27H,9-10H2,1H3,(H,24,26). The van der Waals surface area contributed by atoms with Crippen LogP contribution in [-0.4, -0.2) is 31.1 Å². The Balaban J connectivity index is 1.73. The summed E-state index contributed by atoms with van der Waals surface area (Å²) in [6.07, 6.45) is -4.34. The molecule has 11 heteroatoms. The first kappa shape index (κ1) is 22.5. The van der Waals surface area contributed by atoms with E-state index in [0.717, 1.165) is 12.1 Å². The molecule has 3 N–H and O–H groups in total. The van der Waals surface area contributed by atoms with Crippen LogP contribution in [-0.2, 0) is 20.4 Å². The number of amides is 1. The number of aliphatic hydroxyl groups is 1. The number of rotatable bonds is 6. The maximum Gasteiger partial charge on any atom is 0.421 e. The molecule has 6 nitrogen and oxygen atoms in total. The number of carbonyl (C=O) groups excluding carboxylic acids is 1. The molecule has 1 saturated carbocycles. The average molecular weight is 463 g/mol. The third-order valence-electron chi connectivity index (χ3n) is 4.88. The molecule has 0 heterocycles. The van der Waals surface area contributed by atoms with Crippen molar-refractivity contribution >= 4 is 33.2 Å². The first-order valence-corrected chi connectivity index (χ1v) is 10.6. The summed E-state index contributed by atoms with van der Waals surface area (Å²) in [5, 5.41) is 12.4. The minimum atomic E-state index is -4.87. The maximum atomic E-state index is 12.9. The predicted octanol–water partition coefficient (Wildman–Crippen LogP) is 3.56. The van der Waals surface area contributed by atoms with E-state index in [-0.39, 0.29) is 28.4 Å². The van der Waals surface area contributed by atoms with Gasteiger partial charge in [-0.3, -0.25) is 4.79 Å². The van der Waals surface area contributed by atoms with Crippen LogP contribution in [0.1, 0.15) is 25.3 Å². The number of hydrogen-bond acceptors (Lipinski definition) is 4. The zero-order valence-corrected chi connectivity index (χ0v) is 17.2. The Kier molecular flexibility index (Phi) is 5.65. The Morgan fingerprint density at radius 1 is 1.13 bits per heavy atom. The van der Waals surface area contributed by atoms with Crippen molar-refractivity contribution in [2.45, 2.75) is 42.0 Å². The SMILES string of the molecule is CC(O)(c1ccc(NC(=O)C2(NS(=O)(=O)c3cccc(Cl)c3)CC2)cc1)C(F)(F)F. The number of alkyl halides is 3. The third-order valence-corrected chi connectivity index (χ3v) is 6.65. The summed E-state index contributed by atoms with van der Waals surface area (Å²) in [5.41, 5.74) is -4.62. The van der Waals surface area contributed by atoms with Gasteiger partial charge in [-0.15, -0.1) is 0 Å². The number of hydrogen-bond donors (Lipinski definition) is 3. The Hall–Kier alpha value is -2.14. The van der Waals surface area contributed by atoms with Gasteiger partial charge in [-0.2, -0.15) is 17.9 Å². The number of anilines is 1. The van der Waals surface area contributed by atoms with Crippen molar-refractivity contribution in [1.29, 1.82) is 0 Å². The number of halogens is 4. The molecule has 1 fully saturated rings. The van der Waals surface area contributed by atoms with Gasteiger partial charge in [0.25, 0.3) is 0 Å². The van der Waals surface area contributed by atoms with Gasteiger partial charge in [-0.1, -0.05) is 29.8 Å². The Labute approximate surface area is 176 Å². The minimum absolute atomic E-state index is 0.0900. The summed E-state index contributed by atoms with van der Waals surface area (Å²) in [7, 11) is -4.01. The number of carbonyl (C=O) groups is 1. The highest BCUT2D eigenvalue weighted by atomic mass is 35.5. The fourth-order valence-electron chi connectivity index (χ4n) is 2.74. The number of benzene rings is 2. The lowest BCUT2D eigenvalue weighted by molar-refractivity contribution is -0.258. The molecule has 3 rings (SSSR count). The molecule has 2 aromatic carbocycles. The van der Waals surface area contributed by atoms with Crippen LogP contribution < -0.4 is 10.0 Å².